The largest absolute Gasteiger partial charge is 0.456 e. The Labute approximate surface area is 469 Å². The number of rotatable bonds is 7. The molecule has 0 radical (unpaired) electrons. The number of benzene rings is 11. The molecule has 0 aliphatic carbocycles. The van der Waals surface area contributed by atoms with Crippen LogP contribution in [0.4, 0.5) is 0 Å². The number of nitrogens with zero attached hydrogens (tertiary/aromatic N) is 6. The molecule has 83 heavy (non-hydrogen) atoms. The average Bonchev–Trinajstić information content (AvgIpc) is 4.16. The van der Waals surface area contributed by atoms with Crippen molar-refractivity contribution in [1.29, 1.82) is 0 Å². The van der Waals surface area contributed by atoms with Gasteiger partial charge in [-0.1, -0.05) is 146 Å². The van der Waals surface area contributed by atoms with Crippen LogP contribution in [0.1, 0.15) is 0 Å². The standard InChI is InChI=1S/C72H38N6O5/c1-2-13-39(14-3-1)67-73-68(42-28-32-47-44-15-4-7-24-57(44)79-62(47)37-42)75-69(74-67)43-29-33-49-48-31-27-41(36-61(48)80-63(49)38-43)40-30-34-60-56(35-40)52-20-12-23-55(66(52)83-60)72-77-70(53-21-10-18-50-45-16-5-8-25-58(45)81-64(50)53)76-71(78-72)54-22-11-19-51-46-17-6-9-26-59(46)82-65(51)54/h1-38H. The molecule has 11 heteroatoms. The van der Waals surface area contributed by atoms with Crippen LogP contribution in [-0.2, 0) is 0 Å². The van der Waals surface area contributed by atoms with Gasteiger partial charge >= 0.3 is 0 Å². The fourth-order valence-corrected chi connectivity index (χ4v) is 12.0. The van der Waals surface area contributed by atoms with E-state index in [1.165, 1.54) is 0 Å². The lowest BCUT2D eigenvalue weighted by molar-refractivity contribution is 0.668. The third-order valence-corrected chi connectivity index (χ3v) is 16.0. The van der Waals surface area contributed by atoms with Crippen LogP contribution >= 0.6 is 0 Å². The Morgan fingerprint density at radius 3 is 1.01 bits per heavy atom. The Morgan fingerprint density at radius 2 is 0.506 bits per heavy atom. The van der Waals surface area contributed by atoms with Gasteiger partial charge in [-0.25, -0.2) is 29.9 Å². The van der Waals surface area contributed by atoms with E-state index < -0.39 is 0 Å². The van der Waals surface area contributed by atoms with Gasteiger partial charge in [0, 0.05) is 70.6 Å². The molecular formula is C72H38N6O5. The highest BCUT2D eigenvalue weighted by Crippen LogP contribution is 2.43. The van der Waals surface area contributed by atoms with Gasteiger partial charge < -0.3 is 22.1 Å². The molecule has 0 fully saturated rings. The van der Waals surface area contributed by atoms with Gasteiger partial charge in [0.05, 0.1) is 16.7 Å². The van der Waals surface area contributed by atoms with Crippen LogP contribution in [0.25, 0.3) is 189 Å². The quantitative estimate of drug-likeness (QED) is 0.150. The van der Waals surface area contributed by atoms with Crippen molar-refractivity contribution >= 4 is 110 Å². The summed E-state index contributed by atoms with van der Waals surface area (Å²) in [6.45, 7) is 0. The molecule has 18 rings (SSSR count). The van der Waals surface area contributed by atoms with Crippen molar-refractivity contribution in [2.75, 3.05) is 0 Å². The summed E-state index contributed by atoms with van der Waals surface area (Å²) in [6, 6.07) is 77.4. The molecule has 7 aromatic heterocycles. The maximum Gasteiger partial charge on any atom is 0.167 e. The van der Waals surface area contributed by atoms with E-state index >= 15 is 0 Å². The van der Waals surface area contributed by atoms with Crippen molar-refractivity contribution in [2.24, 2.45) is 0 Å². The monoisotopic (exact) mass is 1070 g/mol. The fourth-order valence-electron chi connectivity index (χ4n) is 12.0. The molecule has 0 saturated carbocycles. The molecule has 386 valence electrons. The van der Waals surface area contributed by atoms with Crippen molar-refractivity contribution in [3.05, 3.63) is 231 Å². The molecule has 0 spiro atoms. The molecular weight excluding hydrogens is 1030 g/mol. The van der Waals surface area contributed by atoms with Crippen molar-refractivity contribution < 1.29 is 22.1 Å². The molecule has 0 N–H and O–H groups in total. The molecule has 18 aromatic rings. The first-order chi connectivity index (χ1) is 41.1. The zero-order valence-electron chi connectivity index (χ0n) is 43.7. The van der Waals surface area contributed by atoms with Crippen molar-refractivity contribution in [3.63, 3.8) is 0 Å². The van der Waals surface area contributed by atoms with E-state index in [-0.39, 0.29) is 0 Å². The summed E-state index contributed by atoms with van der Waals surface area (Å²) in [4.78, 5) is 30.8. The Kier molecular flexibility index (Phi) is 9.54. The summed E-state index contributed by atoms with van der Waals surface area (Å²) in [7, 11) is 0. The summed E-state index contributed by atoms with van der Waals surface area (Å²) in [5.74, 6) is 3.00. The predicted octanol–water partition coefficient (Wildman–Crippen LogP) is 19.2. The van der Waals surface area contributed by atoms with Crippen molar-refractivity contribution in [2.45, 2.75) is 0 Å². The normalized spacial score (nSPS) is 12.1. The lowest BCUT2D eigenvalue weighted by Crippen LogP contribution is -2.00. The van der Waals surface area contributed by atoms with Gasteiger partial charge in [-0.3, -0.25) is 0 Å². The lowest BCUT2D eigenvalue weighted by atomic mass is 10.0. The molecule has 0 unspecified atom stereocenters. The van der Waals surface area contributed by atoms with Crippen LogP contribution in [0.2, 0.25) is 0 Å². The number of furan rings is 5. The fraction of sp³-hybridized carbons (Fsp3) is 0. The highest BCUT2D eigenvalue weighted by molar-refractivity contribution is 6.13. The van der Waals surface area contributed by atoms with Crippen LogP contribution in [0.5, 0.6) is 0 Å². The zero-order valence-corrected chi connectivity index (χ0v) is 43.7. The first-order valence-corrected chi connectivity index (χ1v) is 27.3. The molecule has 0 saturated heterocycles. The van der Waals surface area contributed by atoms with E-state index in [1.54, 1.807) is 0 Å². The minimum absolute atomic E-state index is 0.447. The molecule has 0 atom stereocenters. The van der Waals surface area contributed by atoms with Gasteiger partial charge in [0.2, 0.25) is 0 Å². The number of aromatic nitrogens is 6. The smallest absolute Gasteiger partial charge is 0.167 e. The van der Waals surface area contributed by atoms with E-state index in [2.05, 4.69) is 84.9 Å². The summed E-state index contributed by atoms with van der Waals surface area (Å²) in [5, 5.41) is 9.95. The second kappa shape index (κ2) is 17.5. The van der Waals surface area contributed by atoms with Gasteiger partial charge in [-0.15, -0.1) is 0 Å². The van der Waals surface area contributed by atoms with Crippen LogP contribution < -0.4 is 0 Å². The van der Waals surface area contributed by atoms with Crippen LogP contribution in [0.3, 0.4) is 0 Å². The number of hydrogen-bond acceptors (Lipinski definition) is 11. The van der Waals surface area contributed by atoms with Gasteiger partial charge in [0.15, 0.2) is 34.9 Å². The highest BCUT2D eigenvalue weighted by Gasteiger charge is 2.24. The van der Waals surface area contributed by atoms with Crippen LogP contribution in [0, 0.1) is 0 Å². The molecule has 0 aliphatic heterocycles. The molecule has 11 nitrogen and oxygen atoms in total. The molecule has 7 heterocycles. The SMILES string of the molecule is c1ccc(-c2nc(-c3ccc4c(c3)oc3ccccc34)nc(-c3ccc4c(c3)oc3cc(-c5ccc6oc7c(-c8nc(-c9cccc%10c9oc9ccccc9%10)nc(-c9cccc%10c9oc9ccccc9%10)n8)cccc7c6c5)ccc34)n2)cc1. The van der Waals surface area contributed by atoms with Crippen LogP contribution in [-0.4, -0.2) is 29.9 Å². The summed E-state index contributed by atoms with van der Waals surface area (Å²) in [6.07, 6.45) is 0. The second-order valence-corrected chi connectivity index (χ2v) is 20.9. The number of para-hydroxylation sites is 6. The topological polar surface area (TPSA) is 143 Å². The minimum atomic E-state index is 0.447. The van der Waals surface area contributed by atoms with Crippen molar-refractivity contribution in [1.82, 2.24) is 29.9 Å². The first-order valence-electron chi connectivity index (χ1n) is 27.3. The number of hydrogen-bond donors (Lipinski definition) is 0. The Hall–Kier alpha value is -11.6. The summed E-state index contributed by atoms with van der Waals surface area (Å²) >= 11 is 0. The Balaban J connectivity index is 0.732. The molecule has 0 amide bonds. The minimum Gasteiger partial charge on any atom is -0.456 e. The van der Waals surface area contributed by atoms with Crippen LogP contribution in [0.15, 0.2) is 253 Å². The van der Waals surface area contributed by atoms with E-state index in [4.69, 9.17) is 52.0 Å². The van der Waals surface area contributed by atoms with Gasteiger partial charge in [-0.2, -0.15) is 0 Å². The molecule has 0 bridgehead atoms. The van der Waals surface area contributed by atoms with Gasteiger partial charge in [-0.05, 0) is 96.1 Å². The Morgan fingerprint density at radius 1 is 0.181 bits per heavy atom. The third kappa shape index (κ3) is 7.11. The van der Waals surface area contributed by atoms with E-state index in [1.807, 2.05) is 146 Å². The van der Waals surface area contributed by atoms with E-state index in [0.29, 0.717) is 51.7 Å². The predicted molar refractivity (Wildman–Crippen MR) is 328 cm³/mol. The molecule has 11 aromatic carbocycles. The van der Waals surface area contributed by atoms with E-state index in [0.717, 1.165) is 137 Å². The van der Waals surface area contributed by atoms with Crippen molar-refractivity contribution in [3.8, 4) is 79.5 Å². The third-order valence-electron chi connectivity index (χ3n) is 16.0. The summed E-state index contributed by atoms with van der Waals surface area (Å²) in [5.41, 5.74) is 14.1. The summed E-state index contributed by atoms with van der Waals surface area (Å²) < 4.78 is 32.9. The number of fused-ring (bicyclic) bond motifs is 15. The van der Waals surface area contributed by atoms with E-state index in [9.17, 15) is 0 Å². The van der Waals surface area contributed by atoms with Gasteiger partial charge in [0.1, 0.15) is 55.8 Å². The van der Waals surface area contributed by atoms with Gasteiger partial charge in [0.25, 0.3) is 0 Å². The zero-order chi connectivity index (χ0) is 54.3. The first kappa shape index (κ1) is 45.3. The highest BCUT2D eigenvalue weighted by atomic mass is 16.3. The average molecular weight is 1070 g/mol. The molecule has 0 aliphatic rings. The second-order valence-electron chi connectivity index (χ2n) is 20.9. The lowest BCUT2D eigenvalue weighted by Gasteiger charge is -2.09. The maximum atomic E-state index is 6.82. The Bertz CT molecular complexity index is 5600. The maximum absolute atomic E-state index is 6.82.